The van der Waals surface area contributed by atoms with Crippen LogP contribution in [0.5, 0.6) is 11.6 Å². The molecule has 0 fully saturated rings. The van der Waals surface area contributed by atoms with Gasteiger partial charge in [-0.1, -0.05) is 42.0 Å². The summed E-state index contributed by atoms with van der Waals surface area (Å²) in [6.45, 7) is 1.04. The van der Waals surface area contributed by atoms with Gasteiger partial charge in [-0.15, -0.1) is 0 Å². The second-order valence-electron chi connectivity index (χ2n) is 9.45. The van der Waals surface area contributed by atoms with Gasteiger partial charge in [-0.3, -0.25) is 9.10 Å². The summed E-state index contributed by atoms with van der Waals surface area (Å²) in [7, 11) is -3.60. The van der Waals surface area contributed by atoms with E-state index in [-0.39, 0.29) is 53.6 Å². The molecule has 0 saturated heterocycles. The fourth-order valence-corrected chi connectivity index (χ4v) is 6.28. The largest absolute Gasteiger partial charge is 0.486 e. The molecule has 3 aromatic rings. The highest BCUT2D eigenvalue weighted by atomic mass is 35.5. The van der Waals surface area contributed by atoms with Crippen molar-refractivity contribution < 1.29 is 49.4 Å². The Bertz CT molecular complexity index is 1670. The summed E-state index contributed by atoms with van der Waals surface area (Å²) >= 11 is 6.15. The smallest absolute Gasteiger partial charge is 0.417 e. The fraction of sp³-hybridized carbons (Fsp3) is 0.310. The lowest BCUT2D eigenvalue weighted by atomic mass is 10.0. The second-order valence-corrected chi connectivity index (χ2v) is 11.7. The minimum atomic E-state index is -4.90. The van der Waals surface area contributed by atoms with Crippen molar-refractivity contribution >= 4 is 45.4 Å². The highest BCUT2D eigenvalue weighted by Gasteiger charge is 2.39. The van der Waals surface area contributed by atoms with Gasteiger partial charge in [-0.05, 0) is 43.2 Å². The van der Waals surface area contributed by atoms with Crippen molar-refractivity contribution in [1.82, 2.24) is 4.98 Å². The molecule has 0 aliphatic carbocycles. The number of anilines is 1. The predicted octanol–water partition coefficient (Wildman–Crippen LogP) is 7.17. The maximum absolute atomic E-state index is 14.1. The highest BCUT2D eigenvalue weighted by molar-refractivity contribution is 7.93. The monoisotopic (exact) mass is 660 g/mol. The van der Waals surface area contributed by atoms with E-state index < -0.39 is 51.0 Å². The third-order valence-electron chi connectivity index (χ3n) is 6.57. The van der Waals surface area contributed by atoms with Gasteiger partial charge in [0.1, 0.15) is 11.9 Å². The predicted molar refractivity (Wildman–Crippen MR) is 152 cm³/mol. The number of hydrogen-bond donors (Lipinski definition) is 0. The number of benzene rings is 2. The molecule has 236 valence electrons. The zero-order valence-corrected chi connectivity index (χ0v) is 24.8. The van der Waals surface area contributed by atoms with Crippen LogP contribution in [0.25, 0.3) is 12.2 Å². The molecule has 15 heteroatoms. The maximum Gasteiger partial charge on any atom is 0.417 e. The third-order valence-corrected chi connectivity index (χ3v) is 8.68. The fourth-order valence-electron chi connectivity index (χ4n) is 4.43. The Morgan fingerprint density at radius 3 is 2.61 bits per heavy atom. The molecule has 1 atom stereocenters. The Morgan fingerprint density at radius 2 is 1.95 bits per heavy atom. The molecule has 0 spiro atoms. The SMILES string of the molecule is CCOc1ncc(C(F)(F)F)cc1S(=O)(=O)N1CC(CCC(=O)OC)Oc2ccc(C=Cc3c(Cl)cccc3C(F)F)cc21. The number of alkyl halides is 5. The van der Waals surface area contributed by atoms with Crippen LogP contribution < -0.4 is 13.8 Å². The van der Waals surface area contributed by atoms with Crippen LogP contribution in [0.1, 0.15) is 48.4 Å². The molecular weight excluding hydrogens is 635 g/mol. The third kappa shape index (κ3) is 7.24. The molecule has 1 aliphatic heterocycles. The molecule has 8 nitrogen and oxygen atoms in total. The number of halogens is 6. The van der Waals surface area contributed by atoms with E-state index in [2.05, 4.69) is 9.72 Å². The standard InChI is InChI=1S/C29H26ClF5N2O6S/c1-3-42-28-25(14-18(15-36-28)29(33,34)35)44(39,40)37-16-19(9-12-26(38)41-2)43-24-11-8-17(13-23(24)37)7-10-20-21(27(31)32)5-4-6-22(20)30/h4-8,10-11,13-15,19,27H,3,9,12,16H2,1-2H3. The Kier molecular flexibility index (Phi) is 10.0. The Labute approximate surface area is 255 Å². The molecule has 2 heterocycles. The van der Waals surface area contributed by atoms with Crippen LogP contribution >= 0.6 is 11.6 Å². The first kappa shape index (κ1) is 33.0. The van der Waals surface area contributed by atoms with Crippen molar-refractivity contribution in [3.8, 4) is 11.6 Å². The van der Waals surface area contributed by atoms with Crippen LogP contribution in [0.15, 0.2) is 53.6 Å². The summed E-state index contributed by atoms with van der Waals surface area (Å²) in [5.41, 5.74) is -1.26. The molecule has 0 bridgehead atoms. The lowest BCUT2D eigenvalue weighted by Gasteiger charge is -2.36. The summed E-state index contributed by atoms with van der Waals surface area (Å²) in [6, 6.07) is 8.82. The molecule has 0 N–H and O–H groups in total. The Hall–Kier alpha value is -3.91. The minimum absolute atomic E-state index is 0.0296. The molecule has 2 aromatic carbocycles. The van der Waals surface area contributed by atoms with Gasteiger partial charge in [-0.25, -0.2) is 22.2 Å². The Balaban J connectivity index is 1.83. The molecule has 0 radical (unpaired) electrons. The normalized spacial score (nSPS) is 15.3. The summed E-state index contributed by atoms with van der Waals surface area (Å²) in [4.78, 5) is 14.6. The van der Waals surface area contributed by atoms with E-state index in [1.165, 1.54) is 62.6 Å². The summed E-state index contributed by atoms with van der Waals surface area (Å²) < 4.78 is 113. The molecule has 1 aliphatic rings. The number of carbonyl (C=O) groups is 1. The van der Waals surface area contributed by atoms with Crippen LogP contribution in [0, 0.1) is 0 Å². The van der Waals surface area contributed by atoms with E-state index in [9.17, 15) is 35.2 Å². The average molecular weight is 661 g/mol. The van der Waals surface area contributed by atoms with Crippen molar-refractivity contribution in [3.63, 3.8) is 0 Å². The van der Waals surface area contributed by atoms with Crippen LogP contribution in [0.4, 0.5) is 27.6 Å². The van der Waals surface area contributed by atoms with Gasteiger partial charge in [0.25, 0.3) is 16.4 Å². The lowest BCUT2D eigenvalue weighted by molar-refractivity contribution is -0.141. The number of sulfonamides is 1. The topological polar surface area (TPSA) is 95.0 Å². The number of nitrogens with zero attached hydrogens (tertiary/aromatic N) is 2. The molecule has 4 rings (SSSR count). The molecule has 0 saturated carbocycles. The summed E-state index contributed by atoms with van der Waals surface area (Å²) in [5.74, 6) is -1.05. The number of ether oxygens (including phenoxy) is 3. The number of fused-ring (bicyclic) bond motifs is 1. The molecule has 0 amide bonds. The van der Waals surface area contributed by atoms with E-state index in [0.29, 0.717) is 17.8 Å². The zero-order chi connectivity index (χ0) is 32.2. The van der Waals surface area contributed by atoms with Gasteiger partial charge in [0, 0.05) is 28.8 Å². The van der Waals surface area contributed by atoms with Crippen molar-refractivity contribution in [2.24, 2.45) is 0 Å². The number of aromatic nitrogens is 1. The number of hydrogen-bond acceptors (Lipinski definition) is 7. The number of rotatable bonds is 10. The van der Waals surface area contributed by atoms with Gasteiger partial charge in [0.2, 0.25) is 5.88 Å². The van der Waals surface area contributed by atoms with Crippen LogP contribution in [-0.2, 0) is 25.7 Å². The summed E-state index contributed by atoms with van der Waals surface area (Å²) in [6.07, 6.45) is -5.44. The number of pyridine rings is 1. The molecule has 44 heavy (non-hydrogen) atoms. The van der Waals surface area contributed by atoms with E-state index in [0.717, 1.165) is 4.31 Å². The highest BCUT2D eigenvalue weighted by Crippen LogP contribution is 2.42. The quantitative estimate of drug-likeness (QED) is 0.129. The Morgan fingerprint density at radius 1 is 1.20 bits per heavy atom. The number of esters is 1. The average Bonchev–Trinajstić information content (AvgIpc) is 2.98. The molecule has 1 unspecified atom stereocenters. The number of carbonyl (C=O) groups excluding carboxylic acids is 1. The van der Waals surface area contributed by atoms with Crippen molar-refractivity contribution in [1.29, 1.82) is 0 Å². The first-order valence-electron chi connectivity index (χ1n) is 13.1. The van der Waals surface area contributed by atoms with Crippen LogP contribution in [0.3, 0.4) is 0 Å². The van der Waals surface area contributed by atoms with E-state index in [1.807, 2.05) is 0 Å². The van der Waals surface area contributed by atoms with Crippen molar-refractivity contribution in [2.75, 3.05) is 24.6 Å². The van der Waals surface area contributed by atoms with Crippen molar-refractivity contribution in [3.05, 3.63) is 75.9 Å². The minimum Gasteiger partial charge on any atom is -0.486 e. The molecule has 1 aromatic heterocycles. The van der Waals surface area contributed by atoms with E-state index in [1.54, 1.807) is 0 Å². The van der Waals surface area contributed by atoms with Gasteiger partial charge in [-0.2, -0.15) is 13.2 Å². The van der Waals surface area contributed by atoms with Gasteiger partial charge in [0.15, 0.2) is 4.90 Å². The first-order valence-corrected chi connectivity index (χ1v) is 14.9. The maximum atomic E-state index is 14.1. The van der Waals surface area contributed by atoms with E-state index in [4.69, 9.17) is 21.1 Å². The van der Waals surface area contributed by atoms with Gasteiger partial charge in [0.05, 0.1) is 31.5 Å². The van der Waals surface area contributed by atoms with Crippen molar-refractivity contribution in [2.45, 2.75) is 43.4 Å². The lowest BCUT2D eigenvalue weighted by Crippen LogP contribution is -2.44. The van der Waals surface area contributed by atoms with Crippen LogP contribution in [-0.4, -0.2) is 45.7 Å². The molecular formula is C29H26ClF5N2O6S. The van der Waals surface area contributed by atoms with Crippen LogP contribution in [0.2, 0.25) is 5.02 Å². The van der Waals surface area contributed by atoms with Gasteiger partial charge >= 0.3 is 12.1 Å². The second kappa shape index (κ2) is 13.4. The summed E-state index contributed by atoms with van der Waals surface area (Å²) in [5, 5.41) is 0.0681. The van der Waals surface area contributed by atoms with Gasteiger partial charge < -0.3 is 14.2 Å². The zero-order valence-electron chi connectivity index (χ0n) is 23.3. The first-order chi connectivity index (χ1) is 20.8. The number of methoxy groups -OCH3 is 1. The van der Waals surface area contributed by atoms with E-state index >= 15 is 0 Å².